The summed E-state index contributed by atoms with van der Waals surface area (Å²) in [5.74, 6) is 0.870. The summed E-state index contributed by atoms with van der Waals surface area (Å²) in [7, 11) is 1.58. The Morgan fingerprint density at radius 3 is 2.44 bits per heavy atom. The van der Waals surface area contributed by atoms with Gasteiger partial charge in [-0.2, -0.15) is 4.99 Å². The number of alkyl halides is 3. The second kappa shape index (κ2) is 13.3. The Hall–Kier alpha value is -5.11. The number of amidine groups is 1. The molecule has 14 heteroatoms. The van der Waals surface area contributed by atoms with E-state index in [4.69, 9.17) is 4.74 Å². The van der Waals surface area contributed by atoms with Gasteiger partial charge in [-0.05, 0) is 65.6 Å². The van der Waals surface area contributed by atoms with Crippen LogP contribution in [0.15, 0.2) is 84.2 Å². The maximum atomic E-state index is 12.8. The van der Waals surface area contributed by atoms with Gasteiger partial charge in [-0.1, -0.05) is 49.9 Å². The van der Waals surface area contributed by atoms with Crippen LogP contribution >= 0.6 is 11.8 Å². The molecule has 1 aliphatic rings. The van der Waals surface area contributed by atoms with E-state index in [1.165, 1.54) is 58.1 Å². The van der Waals surface area contributed by atoms with Crippen LogP contribution in [0.4, 0.5) is 23.7 Å². The highest BCUT2D eigenvalue weighted by Gasteiger charge is 2.33. The first kappa shape index (κ1) is 31.3. The van der Waals surface area contributed by atoms with Crippen LogP contribution in [0.25, 0.3) is 23.2 Å². The Bertz CT molecular complexity index is 1750. The molecular weight excluding hydrogens is 609 g/mol. The number of rotatable bonds is 8. The maximum absolute atomic E-state index is 12.8. The fourth-order valence-corrected chi connectivity index (χ4v) is 5.26. The topological polar surface area (TPSA) is 111 Å². The fourth-order valence-electron chi connectivity index (χ4n) is 4.40. The molecule has 3 aromatic carbocycles. The van der Waals surface area contributed by atoms with Gasteiger partial charge in [-0.25, -0.2) is 14.5 Å². The average molecular weight is 637 g/mol. The molecule has 4 aromatic rings. The zero-order valence-corrected chi connectivity index (χ0v) is 25.1. The first-order chi connectivity index (χ1) is 21.5. The van der Waals surface area contributed by atoms with Crippen LogP contribution in [0.1, 0.15) is 30.9 Å². The van der Waals surface area contributed by atoms with Crippen molar-refractivity contribution in [1.29, 1.82) is 0 Å². The number of benzene rings is 3. The quantitative estimate of drug-likeness (QED) is 0.227. The van der Waals surface area contributed by atoms with Crippen LogP contribution in [0.3, 0.4) is 0 Å². The molecule has 0 spiro atoms. The smallest absolute Gasteiger partial charge is 0.497 e. The summed E-state index contributed by atoms with van der Waals surface area (Å²) < 4.78 is 47.9. The predicted molar refractivity (Wildman–Crippen MR) is 166 cm³/mol. The molecule has 232 valence electrons. The molecule has 1 fully saturated rings. The number of hydrogen-bond acceptors (Lipinski definition) is 7. The summed E-state index contributed by atoms with van der Waals surface area (Å²) >= 11 is 1.19. The molecule has 5 rings (SSSR count). The lowest BCUT2D eigenvalue weighted by atomic mass is 10.00. The molecule has 0 unspecified atom stereocenters. The molecule has 1 N–H and O–H groups in total. The van der Waals surface area contributed by atoms with Gasteiger partial charge in [0.05, 0.1) is 24.2 Å². The molecule has 1 saturated heterocycles. The van der Waals surface area contributed by atoms with Crippen molar-refractivity contribution in [2.45, 2.75) is 26.1 Å². The Labute approximate surface area is 260 Å². The van der Waals surface area contributed by atoms with Crippen LogP contribution in [-0.4, -0.2) is 51.1 Å². The first-order valence-electron chi connectivity index (χ1n) is 13.6. The molecule has 10 nitrogen and oxygen atoms in total. The summed E-state index contributed by atoms with van der Waals surface area (Å²) in [5.41, 5.74) is 3.56. The van der Waals surface area contributed by atoms with E-state index >= 15 is 0 Å². The van der Waals surface area contributed by atoms with Gasteiger partial charge in [0.15, 0.2) is 11.0 Å². The average Bonchev–Trinajstić information content (AvgIpc) is 3.64. The molecule has 0 saturated carbocycles. The standard InChI is InChI=1S/C31H27F3N6O4S/c1-19(2)25-16-24(43-3)12-13-26(25)40-27(41)17-45-30(40)37-29(42)35-15-14-20-4-6-21(7-5-20)28-36-18-39(38-28)22-8-10-23(11-9-22)44-31(32,33)34/h4-16,18-19H,17H2,1-3H3,(H,35,42)/b15-14+,37-30-. The number of carbonyl (C=O) groups is 2. The Morgan fingerprint density at radius 1 is 1.07 bits per heavy atom. The predicted octanol–water partition coefficient (Wildman–Crippen LogP) is 6.78. The summed E-state index contributed by atoms with van der Waals surface area (Å²) in [6, 6.07) is 17.3. The summed E-state index contributed by atoms with van der Waals surface area (Å²) in [6.45, 7) is 4.03. The number of urea groups is 1. The van der Waals surface area contributed by atoms with Crippen molar-refractivity contribution in [2.75, 3.05) is 17.8 Å². The van der Waals surface area contributed by atoms with E-state index in [0.29, 0.717) is 33.7 Å². The number of aliphatic imine (C=N–C) groups is 1. The molecule has 0 radical (unpaired) electrons. The van der Waals surface area contributed by atoms with Gasteiger partial charge < -0.3 is 14.8 Å². The highest BCUT2D eigenvalue weighted by Crippen LogP contribution is 2.35. The van der Waals surface area contributed by atoms with Crippen molar-refractivity contribution in [3.05, 3.63) is 90.4 Å². The van der Waals surface area contributed by atoms with E-state index in [1.54, 1.807) is 49.6 Å². The van der Waals surface area contributed by atoms with E-state index in [0.717, 1.165) is 11.1 Å². The third-order valence-electron chi connectivity index (χ3n) is 6.54. The summed E-state index contributed by atoms with van der Waals surface area (Å²) in [4.78, 5) is 35.3. The normalized spacial score (nSPS) is 14.5. The third kappa shape index (κ3) is 7.70. The van der Waals surface area contributed by atoms with Crippen LogP contribution in [-0.2, 0) is 4.79 Å². The molecular formula is C31H27F3N6O4S. The maximum Gasteiger partial charge on any atom is 0.573 e. The number of carbonyl (C=O) groups excluding carboxylic acids is 2. The number of ether oxygens (including phenoxy) is 2. The second-order valence-corrected chi connectivity index (χ2v) is 10.9. The van der Waals surface area contributed by atoms with Crippen molar-refractivity contribution >= 4 is 40.6 Å². The minimum absolute atomic E-state index is 0.104. The van der Waals surface area contributed by atoms with E-state index in [2.05, 4.69) is 25.1 Å². The van der Waals surface area contributed by atoms with Gasteiger partial charge in [0.1, 0.15) is 17.8 Å². The number of aromatic nitrogens is 3. The van der Waals surface area contributed by atoms with Gasteiger partial charge in [-0.15, -0.1) is 18.3 Å². The van der Waals surface area contributed by atoms with E-state index in [-0.39, 0.29) is 23.3 Å². The van der Waals surface area contributed by atoms with Crippen molar-refractivity contribution in [3.63, 3.8) is 0 Å². The number of nitrogens with zero attached hydrogens (tertiary/aromatic N) is 5. The fraction of sp³-hybridized carbons (Fsp3) is 0.194. The zero-order chi connectivity index (χ0) is 32.1. The minimum atomic E-state index is -4.77. The highest BCUT2D eigenvalue weighted by molar-refractivity contribution is 8.15. The zero-order valence-electron chi connectivity index (χ0n) is 24.3. The third-order valence-corrected chi connectivity index (χ3v) is 7.46. The summed E-state index contributed by atoms with van der Waals surface area (Å²) in [6.07, 6.45) is -0.171. The Kier molecular flexibility index (Phi) is 9.23. The number of anilines is 1. The van der Waals surface area contributed by atoms with Gasteiger partial charge in [0, 0.05) is 11.8 Å². The highest BCUT2D eigenvalue weighted by atomic mass is 32.2. The number of methoxy groups -OCH3 is 1. The number of nitrogens with one attached hydrogen (secondary N) is 1. The molecule has 3 amide bonds. The first-order valence-corrected chi connectivity index (χ1v) is 14.6. The van der Waals surface area contributed by atoms with Crippen LogP contribution in [0.2, 0.25) is 0 Å². The molecule has 0 aliphatic carbocycles. The monoisotopic (exact) mass is 636 g/mol. The molecule has 1 aliphatic heterocycles. The minimum Gasteiger partial charge on any atom is -0.497 e. The number of hydrogen-bond donors (Lipinski definition) is 1. The second-order valence-electron chi connectivity index (χ2n) is 9.95. The molecule has 2 heterocycles. The van der Waals surface area contributed by atoms with Crippen LogP contribution in [0.5, 0.6) is 11.5 Å². The van der Waals surface area contributed by atoms with E-state index < -0.39 is 12.4 Å². The number of halogens is 3. The molecule has 45 heavy (non-hydrogen) atoms. The van der Waals surface area contributed by atoms with Crippen LogP contribution < -0.4 is 19.7 Å². The lowest BCUT2D eigenvalue weighted by molar-refractivity contribution is -0.274. The largest absolute Gasteiger partial charge is 0.573 e. The van der Waals surface area contributed by atoms with Crippen molar-refractivity contribution < 1.29 is 32.2 Å². The lowest BCUT2D eigenvalue weighted by Crippen LogP contribution is -2.31. The van der Waals surface area contributed by atoms with E-state index in [1.807, 2.05) is 19.9 Å². The SMILES string of the molecule is COc1ccc(N2C(=O)CS/C2=N\C(=O)N/C=C/c2ccc(-c3ncn(-c4ccc(OC(F)(F)F)cc4)n3)cc2)c(C(C)C)c1. The van der Waals surface area contributed by atoms with Gasteiger partial charge in [0.25, 0.3) is 0 Å². The summed E-state index contributed by atoms with van der Waals surface area (Å²) in [5, 5.41) is 7.29. The van der Waals surface area contributed by atoms with Gasteiger partial charge in [0.2, 0.25) is 5.91 Å². The molecule has 1 aromatic heterocycles. The molecule has 0 bridgehead atoms. The van der Waals surface area contributed by atoms with Gasteiger partial charge >= 0.3 is 12.4 Å². The van der Waals surface area contributed by atoms with Crippen LogP contribution in [0, 0.1) is 0 Å². The number of amides is 3. The van der Waals surface area contributed by atoms with E-state index in [9.17, 15) is 22.8 Å². The molecule has 0 atom stereocenters. The van der Waals surface area contributed by atoms with Crippen molar-refractivity contribution in [2.24, 2.45) is 4.99 Å². The van der Waals surface area contributed by atoms with Crippen molar-refractivity contribution in [1.82, 2.24) is 20.1 Å². The Balaban J connectivity index is 1.21. The Morgan fingerprint density at radius 2 is 1.78 bits per heavy atom. The van der Waals surface area contributed by atoms with Gasteiger partial charge in [-0.3, -0.25) is 9.69 Å². The lowest BCUT2D eigenvalue weighted by Gasteiger charge is -2.22. The number of thioether (sulfide) groups is 1. The van der Waals surface area contributed by atoms with Crippen molar-refractivity contribution in [3.8, 4) is 28.6 Å².